The molecule has 6 amide bonds. The Balaban J connectivity index is 0.735. The van der Waals surface area contributed by atoms with E-state index in [-0.39, 0.29) is 42.6 Å². The number of likely N-dealkylation sites (tertiary alicyclic amines) is 2. The van der Waals surface area contributed by atoms with Crippen LogP contribution >= 0.6 is 0 Å². The summed E-state index contributed by atoms with van der Waals surface area (Å²) in [6.07, 6.45) is 6.42. The first-order chi connectivity index (χ1) is 30.1. The average molecular weight is 842 g/mol. The van der Waals surface area contributed by atoms with E-state index < -0.39 is 11.9 Å². The van der Waals surface area contributed by atoms with Crippen LogP contribution in [0, 0.1) is 17.8 Å². The monoisotopic (exact) mass is 841 g/mol. The zero-order valence-electron chi connectivity index (χ0n) is 35.2. The number of para-hydroxylation sites is 1. The number of urea groups is 1. The van der Waals surface area contributed by atoms with Gasteiger partial charge in [0.25, 0.3) is 11.8 Å². The summed E-state index contributed by atoms with van der Waals surface area (Å²) in [5, 5.41) is 10.8. The fourth-order valence-corrected chi connectivity index (χ4v) is 10.1. The number of hydrogen-bond acceptors (Lipinski definition) is 9. The molecule has 4 aliphatic heterocycles. The Kier molecular flexibility index (Phi) is 11.7. The second kappa shape index (κ2) is 17.6. The Labute approximate surface area is 361 Å². The number of amides is 6. The third-order valence-corrected chi connectivity index (χ3v) is 13.7. The first-order valence-electron chi connectivity index (χ1n) is 22.1. The number of imide groups is 1. The Bertz CT molecular complexity index is 2310. The highest BCUT2D eigenvalue weighted by Crippen LogP contribution is 2.41. The quantitative estimate of drug-likeness (QED) is 0.170. The number of nitrogens with zero attached hydrogens (tertiary/aromatic N) is 6. The number of fused-ring (bicyclic) bond motifs is 1. The van der Waals surface area contributed by atoms with Gasteiger partial charge in [0.05, 0.1) is 6.04 Å². The van der Waals surface area contributed by atoms with Crippen LogP contribution in [0.3, 0.4) is 0 Å². The molecule has 62 heavy (non-hydrogen) atoms. The molecule has 15 nitrogen and oxygen atoms in total. The van der Waals surface area contributed by atoms with Crippen LogP contribution in [0.2, 0.25) is 0 Å². The number of carbonyl (C=O) groups is 5. The summed E-state index contributed by atoms with van der Waals surface area (Å²) in [4.78, 5) is 71.9. The van der Waals surface area contributed by atoms with Crippen molar-refractivity contribution in [2.75, 3.05) is 63.1 Å². The zero-order chi connectivity index (χ0) is 42.9. The molecule has 324 valence electrons. The fourth-order valence-electron chi connectivity index (χ4n) is 10.1. The number of piperidine rings is 2. The third kappa shape index (κ3) is 8.50. The maximum Gasteiger partial charge on any atom is 0.328 e. The molecule has 5 aliphatic rings. The standard InChI is InChI=1S/C47H55N9O6/c1-52(29-30-15-21-53(22-16-30)45(59)33-6-5-7-35(26-33)55-25-19-40(57)50-47(55)61)36-27-34(28-36)46(60)54-23-17-31(18-24-54)39-14-20-49-44-41(43(48)58)42(51-56(39)44)32-10-12-38(13-11-32)62-37-8-3-2-4-9-37/h2-13,26,30-31,34,36,39,49H,14-25,27-29H2,1H3,(H2,48,58)(H,50,57,61)/t34?,36?,39-/m0/s1. The molecule has 5 heterocycles. The summed E-state index contributed by atoms with van der Waals surface area (Å²) in [6, 6.07) is 24.2. The number of rotatable bonds is 11. The summed E-state index contributed by atoms with van der Waals surface area (Å²) < 4.78 is 7.95. The summed E-state index contributed by atoms with van der Waals surface area (Å²) in [5.74, 6) is 2.34. The van der Waals surface area contributed by atoms with Gasteiger partial charge >= 0.3 is 6.03 Å². The summed E-state index contributed by atoms with van der Waals surface area (Å²) in [6.45, 7) is 4.73. The third-order valence-electron chi connectivity index (χ3n) is 13.7. The highest BCUT2D eigenvalue weighted by Gasteiger charge is 2.42. The summed E-state index contributed by atoms with van der Waals surface area (Å²) in [5.41, 5.74) is 8.86. The van der Waals surface area contributed by atoms with Gasteiger partial charge in [-0.05, 0) is 118 Å². The number of primary amides is 1. The van der Waals surface area contributed by atoms with Crippen LogP contribution < -0.4 is 26.0 Å². The van der Waals surface area contributed by atoms with Crippen molar-refractivity contribution in [3.05, 3.63) is 90.0 Å². The molecule has 3 aromatic carbocycles. The van der Waals surface area contributed by atoms with Gasteiger partial charge in [-0.3, -0.25) is 29.4 Å². The number of benzene rings is 3. The molecule has 0 bridgehead atoms. The molecular formula is C47H55N9O6. The topological polar surface area (TPSA) is 175 Å². The van der Waals surface area contributed by atoms with E-state index >= 15 is 0 Å². The number of ether oxygens (including phenoxy) is 1. The number of nitrogens with one attached hydrogen (secondary N) is 2. The highest BCUT2D eigenvalue weighted by molar-refractivity contribution is 6.06. The lowest BCUT2D eigenvalue weighted by atomic mass is 9.77. The maximum atomic E-state index is 13.7. The second-order valence-corrected chi connectivity index (χ2v) is 17.6. The van der Waals surface area contributed by atoms with Gasteiger partial charge in [-0.15, -0.1) is 0 Å². The molecule has 3 saturated heterocycles. The molecule has 4 aromatic rings. The Morgan fingerprint density at radius 2 is 1.55 bits per heavy atom. The van der Waals surface area contributed by atoms with Crippen LogP contribution in [-0.2, 0) is 9.59 Å². The van der Waals surface area contributed by atoms with Crippen LogP contribution in [0.1, 0.15) is 78.1 Å². The first-order valence-corrected chi connectivity index (χ1v) is 22.1. The molecule has 1 saturated carbocycles. The van der Waals surface area contributed by atoms with E-state index in [4.69, 9.17) is 15.6 Å². The lowest BCUT2D eigenvalue weighted by Crippen LogP contribution is -2.52. The van der Waals surface area contributed by atoms with Crippen LogP contribution in [0.4, 0.5) is 16.3 Å². The molecule has 1 aliphatic carbocycles. The number of hydrogen-bond donors (Lipinski definition) is 3. The molecule has 9 rings (SSSR count). The summed E-state index contributed by atoms with van der Waals surface area (Å²) in [7, 11) is 2.16. The molecule has 4 N–H and O–H groups in total. The van der Waals surface area contributed by atoms with Gasteiger partial charge in [-0.25, -0.2) is 9.48 Å². The minimum Gasteiger partial charge on any atom is -0.457 e. The van der Waals surface area contributed by atoms with Gasteiger partial charge in [-0.2, -0.15) is 5.10 Å². The van der Waals surface area contributed by atoms with E-state index in [1.165, 1.54) is 4.90 Å². The van der Waals surface area contributed by atoms with Gasteiger partial charge in [0.2, 0.25) is 11.8 Å². The fraction of sp³-hybridized carbons (Fsp3) is 0.447. The molecule has 15 heteroatoms. The maximum absolute atomic E-state index is 13.7. The van der Waals surface area contributed by atoms with Gasteiger partial charge in [0, 0.05) is 81.0 Å². The highest BCUT2D eigenvalue weighted by atomic mass is 16.5. The van der Waals surface area contributed by atoms with Crippen molar-refractivity contribution in [1.82, 2.24) is 29.8 Å². The van der Waals surface area contributed by atoms with Crippen molar-refractivity contribution in [2.45, 2.75) is 63.5 Å². The van der Waals surface area contributed by atoms with Crippen LogP contribution in [-0.4, -0.2) is 113 Å². The number of aromatic nitrogens is 2. The zero-order valence-corrected chi connectivity index (χ0v) is 35.2. The lowest BCUT2D eigenvalue weighted by molar-refractivity contribution is -0.142. The van der Waals surface area contributed by atoms with E-state index in [1.807, 2.05) is 64.2 Å². The van der Waals surface area contributed by atoms with E-state index in [1.54, 1.807) is 24.3 Å². The van der Waals surface area contributed by atoms with Crippen LogP contribution in [0.15, 0.2) is 78.9 Å². The minimum atomic E-state index is -0.520. The van der Waals surface area contributed by atoms with E-state index in [0.717, 1.165) is 75.9 Å². The van der Waals surface area contributed by atoms with Gasteiger partial charge in [-0.1, -0.05) is 24.3 Å². The van der Waals surface area contributed by atoms with Gasteiger partial charge in [0.15, 0.2) is 0 Å². The van der Waals surface area contributed by atoms with Gasteiger partial charge < -0.3 is 30.5 Å². The molecule has 0 radical (unpaired) electrons. The SMILES string of the molecule is CN(CC1CCN(C(=O)c2cccc(N3CCC(=O)NC3=O)c2)CC1)C1CC(C(=O)N2CCC([C@@H]3CCNc4c(C(N)=O)c(-c5ccc(Oc6ccccc6)cc5)nn43)CC2)C1. The lowest BCUT2D eigenvalue weighted by Gasteiger charge is -2.45. The molecule has 1 atom stereocenters. The van der Waals surface area contributed by atoms with Crippen LogP contribution in [0.5, 0.6) is 11.5 Å². The Hall–Kier alpha value is -6.22. The molecule has 4 fully saturated rings. The van der Waals surface area contributed by atoms with E-state index in [9.17, 15) is 24.0 Å². The Morgan fingerprint density at radius 1 is 0.839 bits per heavy atom. The average Bonchev–Trinajstić information content (AvgIpc) is 3.67. The van der Waals surface area contributed by atoms with E-state index in [2.05, 4.69) is 27.5 Å². The second-order valence-electron chi connectivity index (χ2n) is 17.6. The van der Waals surface area contributed by atoms with Crippen molar-refractivity contribution >= 4 is 41.2 Å². The van der Waals surface area contributed by atoms with Gasteiger partial charge in [0.1, 0.15) is 28.6 Å². The first kappa shape index (κ1) is 41.1. The normalized spacial score (nSPS) is 22.1. The molecule has 1 aromatic heterocycles. The molecular weight excluding hydrogens is 787 g/mol. The minimum absolute atomic E-state index is 0.0439. The van der Waals surface area contributed by atoms with Crippen molar-refractivity contribution in [2.24, 2.45) is 23.5 Å². The summed E-state index contributed by atoms with van der Waals surface area (Å²) >= 11 is 0. The van der Waals surface area contributed by atoms with Crippen molar-refractivity contribution in [3.63, 3.8) is 0 Å². The van der Waals surface area contributed by atoms with Crippen molar-refractivity contribution in [1.29, 1.82) is 0 Å². The van der Waals surface area contributed by atoms with E-state index in [0.29, 0.717) is 71.6 Å². The largest absolute Gasteiger partial charge is 0.457 e. The number of anilines is 2. The number of carbonyl (C=O) groups excluding carboxylic acids is 5. The molecule has 0 unspecified atom stereocenters. The predicted octanol–water partition coefficient (Wildman–Crippen LogP) is 5.75. The number of nitrogens with two attached hydrogens (primary N) is 1. The van der Waals surface area contributed by atoms with Crippen LogP contribution in [0.25, 0.3) is 11.3 Å². The smallest absolute Gasteiger partial charge is 0.328 e. The van der Waals surface area contributed by atoms with Crippen molar-refractivity contribution < 1.29 is 28.7 Å². The van der Waals surface area contributed by atoms with Crippen molar-refractivity contribution in [3.8, 4) is 22.8 Å². The Morgan fingerprint density at radius 3 is 2.26 bits per heavy atom. The predicted molar refractivity (Wildman–Crippen MR) is 234 cm³/mol. The molecule has 0 spiro atoms.